The van der Waals surface area contributed by atoms with E-state index >= 15 is 0 Å². The molecule has 0 saturated carbocycles. The number of hydrogen-bond donors (Lipinski definition) is 1. The van der Waals surface area contributed by atoms with Crippen LogP contribution in [0.5, 0.6) is 0 Å². The smallest absolute Gasteiger partial charge is 0.263 e. The molecule has 0 aliphatic rings. The van der Waals surface area contributed by atoms with Crippen molar-refractivity contribution in [3.8, 4) is 0 Å². The Hall–Kier alpha value is -0.820. The van der Waals surface area contributed by atoms with Crippen LogP contribution in [0.3, 0.4) is 0 Å². The van der Waals surface area contributed by atoms with Crippen molar-refractivity contribution in [2.75, 3.05) is 4.72 Å². The summed E-state index contributed by atoms with van der Waals surface area (Å²) in [6.45, 7) is 0. The highest BCUT2D eigenvalue weighted by Crippen LogP contribution is 2.23. The highest BCUT2D eigenvalue weighted by Gasteiger charge is 2.16. The molecule has 0 radical (unpaired) electrons. The first-order chi connectivity index (χ1) is 8.87. The molecule has 0 aliphatic carbocycles. The average molecular weight is 382 g/mol. The highest BCUT2D eigenvalue weighted by atomic mass is 79.9. The molecule has 1 heterocycles. The number of anilines is 1. The zero-order valence-corrected chi connectivity index (χ0v) is 13.2. The lowest BCUT2D eigenvalue weighted by atomic mass is 10.4. The van der Waals surface area contributed by atoms with Gasteiger partial charge in [0.25, 0.3) is 10.0 Å². The normalized spacial score (nSPS) is 11.3. The Labute approximate surface area is 128 Å². The van der Waals surface area contributed by atoms with Crippen molar-refractivity contribution in [1.29, 1.82) is 0 Å². The third-order valence-electron chi connectivity index (χ3n) is 2.11. The fourth-order valence-corrected chi connectivity index (χ4v) is 3.28. The molecule has 1 N–H and O–H groups in total. The van der Waals surface area contributed by atoms with Crippen molar-refractivity contribution in [2.45, 2.75) is 4.90 Å². The van der Waals surface area contributed by atoms with Gasteiger partial charge in [-0.2, -0.15) is 0 Å². The van der Waals surface area contributed by atoms with Crippen LogP contribution in [0.1, 0.15) is 0 Å². The van der Waals surface area contributed by atoms with Gasteiger partial charge in [0, 0.05) is 20.7 Å². The minimum atomic E-state index is -3.77. The summed E-state index contributed by atoms with van der Waals surface area (Å²) >= 11 is 14.8. The van der Waals surface area contributed by atoms with E-state index in [0.29, 0.717) is 0 Å². The average Bonchev–Trinajstić information content (AvgIpc) is 2.31. The van der Waals surface area contributed by atoms with Crippen LogP contribution < -0.4 is 4.72 Å². The third-order valence-corrected chi connectivity index (χ3v) is 4.35. The van der Waals surface area contributed by atoms with Gasteiger partial charge in [0.05, 0.1) is 4.90 Å². The Bertz CT molecular complexity index is 685. The van der Waals surface area contributed by atoms with Crippen LogP contribution in [0.15, 0.2) is 45.9 Å². The lowest BCUT2D eigenvalue weighted by molar-refractivity contribution is 0.601. The Morgan fingerprint density at radius 1 is 1.11 bits per heavy atom. The van der Waals surface area contributed by atoms with Crippen molar-refractivity contribution in [1.82, 2.24) is 4.98 Å². The number of nitrogens with zero attached hydrogens (tertiary/aromatic N) is 1. The highest BCUT2D eigenvalue weighted by molar-refractivity contribution is 9.10. The predicted octanol–water partition coefficient (Wildman–Crippen LogP) is 3.95. The Morgan fingerprint density at radius 3 is 2.26 bits per heavy atom. The van der Waals surface area contributed by atoms with Crippen molar-refractivity contribution in [2.24, 2.45) is 0 Å². The van der Waals surface area contributed by atoms with E-state index in [1.165, 1.54) is 30.5 Å². The van der Waals surface area contributed by atoms with Crippen LogP contribution in [0.4, 0.5) is 5.82 Å². The zero-order valence-electron chi connectivity index (χ0n) is 9.27. The molecule has 1 aromatic heterocycles. The van der Waals surface area contributed by atoms with Crippen molar-refractivity contribution < 1.29 is 8.42 Å². The number of rotatable bonds is 3. The molecular formula is C11H7BrCl2N2O2S. The quantitative estimate of drug-likeness (QED) is 0.875. The number of benzene rings is 1. The van der Waals surface area contributed by atoms with E-state index in [-0.39, 0.29) is 20.8 Å². The summed E-state index contributed by atoms with van der Waals surface area (Å²) in [7, 11) is -3.77. The van der Waals surface area contributed by atoms with Crippen LogP contribution in [0, 0.1) is 0 Å². The van der Waals surface area contributed by atoms with Gasteiger partial charge in [0.15, 0.2) is 0 Å². The summed E-state index contributed by atoms with van der Waals surface area (Å²) in [4.78, 5) is 3.91. The molecule has 19 heavy (non-hydrogen) atoms. The molecule has 100 valence electrons. The van der Waals surface area contributed by atoms with Gasteiger partial charge in [0.1, 0.15) is 5.82 Å². The lowest BCUT2D eigenvalue weighted by Gasteiger charge is -2.08. The van der Waals surface area contributed by atoms with Gasteiger partial charge in [-0.05, 0) is 46.3 Å². The van der Waals surface area contributed by atoms with Gasteiger partial charge in [-0.3, -0.25) is 4.72 Å². The van der Waals surface area contributed by atoms with Gasteiger partial charge in [-0.1, -0.05) is 23.2 Å². The Balaban J connectivity index is 2.34. The molecule has 0 aliphatic heterocycles. The van der Waals surface area contributed by atoms with Gasteiger partial charge >= 0.3 is 0 Å². The van der Waals surface area contributed by atoms with Gasteiger partial charge in [0.2, 0.25) is 0 Å². The van der Waals surface area contributed by atoms with E-state index in [1.54, 1.807) is 6.07 Å². The van der Waals surface area contributed by atoms with Gasteiger partial charge < -0.3 is 0 Å². The molecule has 0 spiro atoms. The van der Waals surface area contributed by atoms with Crippen molar-refractivity contribution in [3.05, 3.63) is 51.0 Å². The summed E-state index contributed by atoms with van der Waals surface area (Å²) in [6.07, 6.45) is 1.49. The van der Waals surface area contributed by atoms with Gasteiger partial charge in [-0.15, -0.1) is 0 Å². The largest absolute Gasteiger partial charge is 0.263 e. The van der Waals surface area contributed by atoms with E-state index in [4.69, 9.17) is 23.2 Å². The molecule has 4 nitrogen and oxygen atoms in total. The van der Waals surface area contributed by atoms with E-state index in [1.807, 2.05) is 0 Å². The van der Waals surface area contributed by atoms with E-state index in [2.05, 4.69) is 25.6 Å². The molecule has 2 aromatic rings. The number of aromatic nitrogens is 1. The second-order valence-corrected chi connectivity index (χ2v) is 7.04. The summed E-state index contributed by atoms with van der Waals surface area (Å²) in [5.74, 6) is 0.208. The first-order valence-corrected chi connectivity index (χ1v) is 8.00. The van der Waals surface area contributed by atoms with Gasteiger partial charge in [-0.25, -0.2) is 13.4 Å². The molecule has 0 fully saturated rings. The first-order valence-electron chi connectivity index (χ1n) is 4.97. The maximum atomic E-state index is 12.1. The minimum Gasteiger partial charge on any atom is -0.263 e. The van der Waals surface area contributed by atoms with Crippen molar-refractivity contribution >= 4 is 55.0 Å². The lowest BCUT2D eigenvalue weighted by Crippen LogP contribution is -2.13. The van der Waals surface area contributed by atoms with Crippen LogP contribution in [0.25, 0.3) is 0 Å². The summed E-state index contributed by atoms with van der Waals surface area (Å²) < 4.78 is 27.3. The maximum absolute atomic E-state index is 12.1. The zero-order chi connectivity index (χ0) is 14.0. The maximum Gasteiger partial charge on any atom is 0.263 e. The molecule has 8 heteroatoms. The predicted molar refractivity (Wildman–Crippen MR) is 79.2 cm³/mol. The molecule has 0 bridgehead atoms. The van der Waals surface area contributed by atoms with E-state index in [9.17, 15) is 8.42 Å². The molecule has 0 amide bonds. The number of nitrogens with one attached hydrogen (secondary N) is 1. The van der Waals surface area contributed by atoms with E-state index in [0.717, 1.165) is 4.47 Å². The minimum absolute atomic E-state index is 0.0188. The first kappa shape index (κ1) is 14.6. The molecule has 0 atom stereocenters. The Morgan fingerprint density at radius 2 is 1.74 bits per heavy atom. The van der Waals surface area contributed by atoms with E-state index < -0.39 is 10.0 Å². The van der Waals surface area contributed by atoms with Crippen LogP contribution >= 0.6 is 39.1 Å². The number of hydrogen-bond acceptors (Lipinski definition) is 3. The summed E-state index contributed by atoms with van der Waals surface area (Å²) in [6, 6.07) is 7.30. The molecule has 0 saturated heterocycles. The third kappa shape index (κ3) is 3.82. The summed E-state index contributed by atoms with van der Waals surface area (Å²) in [5.41, 5.74) is 0. The fourth-order valence-electron chi connectivity index (χ4n) is 1.32. The molecule has 0 unspecified atom stereocenters. The second kappa shape index (κ2) is 5.66. The molecule has 1 aromatic carbocycles. The Kier molecular flexibility index (Phi) is 4.35. The second-order valence-electron chi connectivity index (χ2n) is 3.57. The SMILES string of the molecule is O=S(=O)(Nc1ccc(Br)cn1)c1cc(Cl)cc(Cl)c1. The van der Waals surface area contributed by atoms with Crippen LogP contribution in [-0.2, 0) is 10.0 Å². The topological polar surface area (TPSA) is 59.1 Å². The fraction of sp³-hybridized carbons (Fsp3) is 0. The van der Waals surface area contributed by atoms with Crippen LogP contribution in [0.2, 0.25) is 10.0 Å². The number of pyridine rings is 1. The van der Waals surface area contributed by atoms with Crippen molar-refractivity contribution in [3.63, 3.8) is 0 Å². The number of halogens is 3. The standard InChI is InChI=1S/C11H7BrCl2N2O2S/c12-7-1-2-11(15-6-7)16-19(17,18)10-4-8(13)3-9(14)5-10/h1-6H,(H,15,16). The number of sulfonamides is 1. The summed E-state index contributed by atoms with van der Waals surface area (Å²) in [5, 5.41) is 0.494. The molecule has 2 rings (SSSR count). The monoisotopic (exact) mass is 380 g/mol. The molecular weight excluding hydrogens is 375 g/mol. The van der Waals surface area contributed by atoms with Crippen LogP contribution in [-0.4, -0.2) is 13.4 Å².